The standard InChI is InChI=1S/C22H38O5/c1-17(13-15-23)8-6-10-20(16-27-19(3)24)11-7-9-18(2)21(25)12-14-22(4,5)26/h10,12-14,18,21,23,25-26H,6-9,11,15-16H2,1-5H3/b14-12+,17-13+,20-10-/t18-,21-/m1/s1. The molecular weight excluding hydrogens is 344 g/mol. The van der Waals surface area contributed by atoms with Gasteiger partial charge in [0.1, 0.15) is 6.61 Å². The summed E-state index contributed by atoms with van der Waals surface area (Å²) >= 11 is 0. The summed E-state index contributed by atoms with van der Waals surface area (Å²) in [4.78, 5) is 11.1. The second kappa shape index (κ2) is 13.7. The van der Waals surface area contributed by atoms with E-state index in [4.69, 9.17) is 9.84 Å². The molecular formula is C22H38O5. The van der Waals surface area contributed by atoms with Gasteiger partial charge in [0.05, 0.1) is 18.3 Å². The van der Waals surface area contributed by atoms with Crippen LogP contribution in [0.25, 0.3) is 0 Å². The third-order valence-electron chi connectivity index (χ3n) is 4.31. The Labute approximate surface area is 164 Å². The molecule has 0 saturated carbocycles. The predicted octanol–water partition coefficient (Wildman–Crippen LogP) is 3.69. The SMILES string of the molecule is CC(=O)OC/C(=C\CC/C(C)=C/CO)CCC[C@@H](C)[C@H](O)/C=C/C(C)(C)O. The molecule has 0 unspecified atom stereocenters. The average molecular weight is 383 g/mol. The molecule has 0 aromatic rings. The molecule has 0 amide bonds. The minimum atomic E-state index is -0.927. The van der Waals surface area contributed by atoms with E-state index in [1.807, 2.05) is 13.8 Å². The first-order chi connectivity index (χ1) is 12.5. The van der Waals surface area contributed by atoms with E-state index in [9.17, 15) is 15.0 Å². The number of carbonyl (C=O) groups is 1. The topological polar surface area (TPSA) is 87.0 Å². The van der Waals surface area contributed by atoms with Gasteiger partial charge in [-0.15, -0.1) is 0 Å². The number of allylic oxidation sites excluding steroid dienone is 2. The Morgan fingerprint density at radius 2 is 1.85 bits per heavy atom. The highest BCUT2D eigenvalue weighted by Crippen LogP contribution is 2.19. The second-order valence-electron chi connectivity index (χ2n) is 7.79. The summed E-state index contributed by atoms with van der Waals surface area (Å²) in [5.74, 6) is -0.217. The Kier molecular flexibility index (Phi) is 13.0. The highest BCUT2D eigenvalue weighted by molar-refractivity contribution is 5.66. The van der Waals surface area contributed by atoms with E-state index in [1.165, 1.54) is 6.92 Å². The van der Waals surface area contributed by atoms with Crippen LogP contribution in [0, 0.1) is 5.92 Å². The van der Waals surface area contributed by atoms with Gasteiger partial charge >= 0.3 is 5.97 Å². The lowest BCUT2D eigenvalue weighted by Crippen LogP contribution is -2.19. The Morgan fingerprint density at radius 3 is 2.41 bits per heavy atom. The van der Waals surface area contributed by atoms with Crippen molar-refractivity contribution in [2.75, 3.05) is 13.2 Å². The number of esters is 1. The van der Waals surface area contributed by atoms with Crippen LogP contribution in [-0.4, -0.2) is 46.2 Å². The zero-order valence-electron chi connectivity index (χ0n) is 17.6. The zero-order chi connectivity index (χ0) is 20.9. The van der Waals surface area contributed by atoms with Crippen molar-refractivity contribution in [2.24, 2.45) is 5.92 Å². The van der Waals surface area contributed by atoms with Crippen molar-refractivity contribution in [1.29, 1.82) is 0 Å². The summed E-state index contributed by atoms with van der Waals surface area (Å²) < 4.78 is 5.14. The summed E-state index contributed by atoms with van der Waals surface area (Å²) in [7, 11) is 0. The van der Waals surface area contributed by atoms with E-state index in [1.54, 1.807) is 32.1 Å². The number of rotatable bonds is 13. The Balaban J connectivity index is 4.55. The maximum absolute atomic E-state index is 11.1. The number of aliphatic hydroxyl groups is 3. The Bertz CT molecular complexity index is 511. The molecule has 3 N–H and O–H groups in total. The molecule has 156 valence electrons. The molecule has 0 fully saturated rings. The third kappa shape index (κ3) is 15.3. The summed E-state index contributed by atoms with van der Waals surface area (Å²) in [5, 5.41) is 28.8. The fraction of sp³-hybridized carbons (Fsp3) is 0.682. The molecule has 0 heterocycles. The highest BCUT2D eigenvalue weighted by atomic mass is 16.5. The van der Waals surface area contributed by atoms with Gasteiger partial charge in [0.2, 0.25) is 0 Å². The summed E-state index contributed by atoms with van der Waals surface area (Å²) in [6, 6.07) is 0. The molecule has 0 spiro atoms. The predicted molar refractivity (Wildman–Crippen MR) is 109 cm³/mol. The first kappa shape index (κ1) is 25.6. The van der Waals surface area contributed by atoms with Gasteiger partial charge in [-0.3, -0.25) is 4.79 Å². The normalized spacial score (nSPS) is 15.9. The molecule has 0 aliphatic rings. The van der Waals surface area contributed by atoms with Crippen molar-refractivity contribution in [3.05, 3.63) is 35.5 Å². The van der Waals surface area contributed by atoms with Crippen molar-refractivity contribution in [3.8, 4) is 0 Å². The molecule has 5 heteroatoms. The van der Waals surface area contributed by atoms with Gasteiger partial charge in [-0.2, -0.15) is 0 Å². The first-order valence-corrected chi connectivity index (χ1v) is 9.72. The molecule has 0 aromatic carbocycles. The number of aliphatic hydroxyl groups excluding tert-OH is 2. The molecule has 27 heavy (non-hydrogen) atoms. The molecule has 0 aliphatic carbocycles. The van der Waals surface area contributed by atoms with Gasteiger partial charge in [0, 0.05) is 6.92 Å². The van der Waals surface area contributed by atoms with Crippen LogP contribution in [0.1, 0.15) is 66.7 Å². The van der Waals surface area contributed by atoms with Crippen LogP contribution in [0.5, 0.6) is 0 Å². The lowest BCUT2D eigenvalue weighted by atomic mass is 9.94. The maximum Gasteiger partial charge on any atom is 0.302 e. The fourth-order valence-corrected chi connectivity index (χ4v) is 2.53. The quantitative estimate of drug-likeness (QED) is 0.334. The molecule has 0 radical (unpaired) electrons. The molecule has 0 aliphatic heterocycles. The molecule has 5 nitrogen and oxygen atoms in total. The lowest BCUT2D eigenvalue weighted by Gasteiger charge is -2.18. The van der Waals surface area contributed by atoms with E-state index in [0.717, 1.165) is 43.3 Å². The van der Waals surface area contributed by atoms with E-state index in [2.05, 4.69) is 6.08 Å². The van der Waals surface area contributed by atoms with Crippen molar-refractivity contribution < 1.29 is 24.9 Å². The van der Waals surface area contributed by atoms with Gasteiger partial charge in [-0.1, -0.05) is 36.8 Å². The van der Waals surface area contributed by atoms with E-state index in [-0.39, 0.29) is 18.5 Å². The maximum atomic E-state index is 11.1. The number of ether oxygens (including phenoxy) is 1. The van der Waals surface area contributed by atoms with Gasteiger partial charge in [-0.05, 0) is 64.4 Å². The van der Waals surface area contributed by atoms with Crippen LogP contribution in [-0.2, 0) is 9.53 Å². The number of hydrogen-bond donors (Lipinski definition) is 3. The van der Waals surface area contributed by atoms with Crippen molar-refractivity contribution >= 4 is 5.97 Å². The van der Waals surface area contributed by atoms with Crippen LogP contribution in [0.3, 0.4) is 0 Å². The molecule has 0 saturated heterocycles. The molecule has 0 bridgehead atoms. The van der Waals surface area contributed by atoms with E-state index in [0.29, 0.717) is 6.61 Å². The number of carbonyl (C=O) groups excluding carboxylic acids is 1. The van der Waals surface area contributed by atoms with Gasteiger partial charge < -0.3 is 20.1 Å². The number of hydrogen-bond acceptors (Lipinski definition) is 5. The van der Waals surface area contributed by atoms with Gasteiger partial charge in [0.15, 0.2) is 0 Å². The smallest absolute Gasteiger partial charge is 0.302 e. The van der Waals surface area contributed by atoms with Gasteiger partial charge in [-0.25, -0.2) is 0 Å². The average Bonchev–Trinajstić information content (AvgIpc) is 2.56. The zero-order valence-corrected chi connectivity index (χ0v) is 17.6. The van der Waals surface area contributed by atoms with E-state index >= 15 is 0 Å². The van der Waals surface area contributed by atoms with Crippen molar-refractivity contribution in [1.82, 2.24) is 0 Å². The van der Waals surface area contributed by atoms with Crippen LogP contribution < -0.4 is 0 Å². The monoisotopic (exact) mass is 382 g/mol. The van der Waals surface area contributed by atoms with Gasteiger partial charge in [0.25, 0.3) is 0 Å². The summed E-state index contributed by atoms with van der Waals surface area (Å²) in [5.41, 5.74) is 1.29. The fourth-order valence-electron chi connectivity index (χ4n) is 2.53. The van der Waals surface area contributed by atoms with Crippen molar-refractivity contribution in [2.45, 2.75) is 78.4 Å². The summed E-state index contributed by atoms with van der Waals surface area (Å²) in [6.45, 7) is 9.07. The second-order valence-corrected chi connectivity index (χ2v) is 7.79. The molecule has 2 atom stereocenters. The Morgan fingerprint density at radius 1 is 1.19 bits per heavy atom. The summed E-state index contributed by atoms with van der Waals surface area (Å²) in [6.07, 6.45) is 10.8. The van der Waals surface area contributed by atoms with Crippen LogP contribution in [0.4, 0.5) is 0 Å². The minimum absolute atomic E-state index is 0.0535. The van der Waals surface area contributed by atoms with Crippen LogP contribution in [0.15, 0.2) is 35.5 Å². The van der Waals surface area contributed by atoms with Crippen LogP contribution in [0.2, 0.25) is 0 Å². The Hall–Kier alpha value is -1.43. The lowest BCUT2D eigenvalue weighted by molar-refractivity contribution is -0.140. The van der Waals surface area contributed by atoms with E-state index < -0.39 is 11.7 Å². The highest BCUT2D eigenvalue weighted by Gasteiger charge is 2.14. The molecule has 0 rings (SSSR count). The van der Waals surface area contributed by atoms with Crippen LogP contribution >= 0.6 is 0 Å². The first-order valence-electron chi connectivity index (χ1n) is 9.72. The molecule has 0 aromatic heterocycles. The largest absolute Gasteiger partial charge is 0.461 e. The minimum Gasteiger partial charge on any atom is -0.461 e. The third-order valence-corrected chi connectivity index (χ3v) is 4.31. The van der Waals surface area contributed by atoms with Crippen molar-refractivity contribution in [3.63, 3.8) is 0 Å².